The van der Waals surface area contributed by atoms with Crippen LogP contribution in [-0.4, -0.2) is 171 Å². The molecule has 17 atom stereocenters. The lowest BCUT2D eigenvalue weighted by Crippen LogP contribution is -2.52. The summed E-state index contributed by atoms with van der Waals surface area (Å²) >= 11 is 0. The van der Waals surface area contributed by atoms with Crippen molar-refractivity contribution in [2.45, 2.75) is 199 Å². The van der Waals surface area contributed by atoms with Crippen molar-refractivity contribution in [3.05, 3.63) is 214 Å². The molecular weight excluding hydrogens is 1570 g/mol. The lowest BCUT2D eigenvalue weighted by Gasteiger charge is -2.35. The third kappa shape index (κ3) is 15.1. The number of halogens is 2. The molecule has 6 aromatic carbocycles. The number of imidazole rings is 4. The first-order chi connectivity index (χ1) is 60.1. The fraction of sp³-hybridized carbons (Fsp3) is 0.455. The van der Waals surface area contributed by atoms with Gasteiger partial charge in [-0.1, -0.05) is 165 Å². The summed E-state index contributed by atoms with van der Waals surface area (Å²) in [5.74, 6) is 4.00. The number of likely N-dealkylation sites (tertiary alicyclic amines) is 3. The van der Waals surface area contributed by atoms with Gasteiger partial charge < -0.3 is 54.7 Å². The number of hydrogen-bond acceptors (Lipinski definition) is 14. The number of benzene rings is 6. The number of H-pyrrole nitrogens is 4. The van der Waals surface area contributed by atoms with Gasteiger partial charge in [-0.2, -0.15) is 0 Å². The van der Waals surface area contributed by atoms with E-state index >= 15 is 8.78 Å². The second-order valence-corrected chi connectivity index (χ2v) is 36.8. The molecule has 1 unspecified atom stereocenters. The van der Waals surface area contributed by atoms with Crippen LogP contribution in [0.2, 0.25) is 0 Å². The molecule has 6 N–H and O–H groups in total. The molecule has 4 aromatic heterocycles. The molecule has 10 aromatic rings. The summed E-state index contributed by atoms with van der Waals surface area (Å²) < 4.78 is 41.8. The summed E-state index contributed by atoms with van der Waals surface area (Å²) in [7, 11) is 2.59. The molecule has 10 aliphatic rings. The Labute approximate surface area is 722 Å². The molecule has 644 valence electrons. The predicted octanol–water partition coefficient (Wildman–Crippen LogP) is 17.0. The number of piperidine rings is 3. The topological polar surface area (TPSA) is 276 Å². The number of aromatic nitrogens is 8. The van der Waals surface area contributed by atoms with Gasteiger partial charge in [0.2, 0.25) is 17.7 Å². The molecule has 0 radical (unpaired) electrons. The molecule has 3 aliphatic heterocycles. The van der Waals surface area contributed by atoms with Gasteiger partial charge in [-0.25, -0.2) is 38.3 Å². The van der Waals surface area contributed by atoms with Crippen LogP contribution in [0.5, 0.6) is 0 Å². The van der Waals surface area contributed by atoms with Gasteiger partial charge in [0.05, 0.1) is 73.6 Å². The molecule has 8 fully saturated rings. The van der Waals surface area contributed by atoms with Crippen molar-refractivity contribution in [1.82, 2.24) is 75.0 Å². The van der Waals surface area contributed by atoms with Crippen molar-refractivity contribution in [3.8, 4) is 67.3 Å². The maximum absolute atomic E-state index is 16.2. The fourth-order valence-corrected chi connectivity index (χ4v) is 22.1. The van der Waals surface area contributed by atoms with Crippen molar-refractivity contribution in [2.24, 2.45) is 47.3 Å². The average molecular weight is 1680 g/mol. The number of likely N-dealkylation sites (N-methyl/N-ethyl adjacent to an activating group) is 2. The van der Waals surface area contributed by atoms with E-state index in [1.807, 2.05) is 93.3 Å². The number of nitrogens with one attached hydrogen (secondary N) is 6. The first-order valence-electron chi connectivity index (χ1n) is 45.0. The van der Waals surface area contributed by atoms with Gasteiger partial charge in [-0.05, 0) is 213 Å². The Morgan fingerprint density at radius 2 is 0.855 bits per heavy atom. The third-order valence-electron chi connectivity index (χ3n) is 29.0. The molecular formula is C99H111F2N15O8. The summed E-state index contributed by atoms with van der Waals surface area (Å²) in [5, 5.41) is 5.49. The lowest BCUT2D eigenvalue weighted by atomic mass is 9.81. The van der Waals surface area contributed by atoms with Gasteiger partial charge in [0, 0.05) is 63.6 Å². The number of nitrogens with zero attached hydrogens (tertiary/aromatic N) is 9. The molecule has 20 rings (SSSR count). The number of alkyl carbamates (subject to hydrolysis) is 2. The van der Waals surface area contributed by atoms with E-state index in [-0.39, 0.29) is 113 Å². The number of carbonyl (C=O) groups is 6. The van der Waals surface area contributed by atoms with Crippen LogP contribution in [0.4, 0.5) is 18.4 Å². The van der Waals surface area contributed by atoms with Gasteiger partial charge in [0.25, 0.3) is 0 Å². The molecule has 7 heterocycles. The number of amides is 5. The van der Waals surface area contributed by atoms with E-state index in [1.54, 1.807) is 30.6 Å². The summed E-state index contributed by atoms with van der Waals surface area (Å²) in [6.45, 7) is 19.3. The zero-order valence-electron chi connectivity index (χ0n) is 72.2. The van der Waals surface area contributed by atoms with Crippen LogP contribution in [-0.2, 0) is 54.3 Å². The van der Waals surface area contributed by atoms with E-state index < -0.39 is 24.3 Å². The first kappa shape index (κ1) is 82.2. The minimum atomic E-state index is -0.696. The number of rotatable bonds is 25. The van der Waals surface area contributed by atoms with Gasteiger partial charge >= 0.3 is 12.2 Å². The molecule has 7 aliphatic carbocycles. The second-order valence-electron chi connectivity index (χ2n) is 36.8. The predicted molar refractivity (Wildman–Crippen MR) is 467 cm³/mol. The molecule has 5 amide bonds. The third-order valence-corrected chi connectivity index (χ3v) is 29.0. The number of Topliss-reactive ketones (excluding diaryl/α,β-unsaturated/α-hetero) is 1. The summed E-state index contributed by atoms with van der Waals surface area (Å²) in [4.78, 5) is 126. The highest BCUT2D eigenvalue weighted by Crippen LogP contribution is 2.62. The Morgan fingerprint density at radius 3 is 1.28 bits per heavy atom. The normalized spacial score (nSPS) is 24.6. The molecule has 23 nitrogen and oxygen atoms in total. The van der Waals surface area contributed by atoms with Crippen molar-refractivity contribution < 1.29 is 47.0 Å². The zero-order valence-corrected chi connectivity index (χ0v) is 72.2. The Hall–Kier alpha value is -11.4. The molecule has 124 heavy (non-hydrogen) atoms. The Morgan fingerprint density at radius 1 is 0.452 bits per heavy atom. The first-order valence-corrected chi connectivity index (χ1v) is 45.0. The van der Waals surface area contributed by atoms with Crippen LogP contribution >= 0.6 is 0 Å². The second kappa shape index (κ2) is 33.2. The largest absolute Gasteiger partial charge is 0.453 e. The fourth-order valence-electron chi connectivity index (χ4n) is 22.1. The minimum absolute atomic E-state index is 0.00206. The van der Waals surface area contributed by atoms with Crippen molar-refractivity contribution >= 4 is 35.7 Å². The number of aromatic amines is 4. The summed E-state index contributed by atoms with van der Waals surface area (Å²) in [6.07, 6.45) is 12.8. The summed E-state index contributed by atoms with van der Waals surface area (Å²) in [6, 6.07) is 41.7. The van der Waals surface area contributed by atoms with Gasteiger partial charge in [-0.15, -0.1) is 0 Å². The van der Waals surface area contributed by atoms with Crippen LogP contribution in [0.3, 0.4) is 0 Å². The molecule has 0 spiro atoms. The SMILES string of the molecule is CCN(CC)[C@@H](C(=O)N1[C@@H]2C[C@@H]2C[C@H]1c1ncc(-c2ccc(-c3ccc4c(c3)CCc3[nH]c([C@@H]5C[C@H]6C[C@H]6N5C(=O)[C@@H](c5ccccc5)N(CC)CC)nc3-4)cc2F)[nH]1)c1ccccc1.COC(=O)N[C@H](C(=O)C1[C@H](c2ncc(-c3ccc(-c4ccc5c(c4)CCc4[nH]c([C@@H]6C[C@H]7C[C@H]7N6C(=O)[C@@H](NC(=O)OC)C(C)C)nc4-5)cc3F)[nH]2)C[C@H]2C[C@@H]12)C(C)C. The number of fused-ring (bicyclic) bond motifs is 10. The highest BCUT2D eigenvalue weighted by atomic mass is 19.1. The van der Waals surface area contributed by atoms with E-state index in [1.165, 1.54) is 19.8 Å². The van der Waals surface area contributed by atoms with E-state index in [4.69, 9.17) is 24.4 Å². The molecule has 0 bridgehead atoms. The number of hydrogen-bond donors (Lipinski definition) is 6. The van der Waals surface area contributed by atoms with Crippen LogP contribution in [0.15, 0.2) is 146 Å². The Balaban J connectivity index is 0.000000163. The monoisotopic (exact) mass is 1680 g/mol. The van der Waals surface area contributed by atoms with Crippen molar-refractivity contribution in [2.75, 3.05) is 40.4 Å². The van der Waals surface area contributed by atoms with Crippen LogP contribution in [0.25, 0.3) is 67.3 Å². The number of ketones is 1. The number of aryl methyl sites for hydroxylation is 4. The minimum Gasteiger partial charge on any atom is -0.453 e. The van der Waals surface area contributed by atoms with Crippen LogP contribution < -0.4 is 10.6 Å². The Kier molecular flexibility index (Phi) is 22.0. The van der Waals surface area contributed by atoms with E-state index in [9.17, 15) is 28.8 Å². The van der Waals surface area contributed by atoms with E-state index in [0.29, 0.717) is 57.8 Å². The smallest absolute Gasteiger partial charge is 0.407 e. The lowest BCUT2D eigenvalue weighted by molar-refractivity contribution is -0.140. The number of carbonyl (C=O) groups excluding carboxylic acids is 6. The van der Waals surface area contributed by atoms with E-state index in [2.05, 4.69) is 137 Å². The molecule has 25 heteroatoms. The molecule has 3 saturated heterocycles. The van der Waals surface area contributed by atoms with Crippen molar-refractivity contribution in [3.63, 3.8) is 0 Å². The van der Waals surface area contributed by atoms with Gasteiger partial charge in [-0.3, -0.25) is 29.0 Å². The number of ether oxygens (including phenoxy) is 2. The van der Waals surface area contributed by atoms with Gasteiger partial charge in [0.15, 0.2) is 5.78 Å². The highest BCUT2D eigenvalue weighted by molar-refractivity contribution is 5.92. The highest BCUT2D eigenvalue weighted by Gasteiger charge is 2.61. The zero-order chi connectivity index (χ0) is 85.9. The summed E-state index contributed by atoms with van der Waals surface area (Å²) in [5.41, 5.74) is 15.9. The Bertz CT molecular complexity index is 5750. The van der Waals surface area contributed by atoms with E-state index in [0.717, 1.165) is 188 Å². The maximum atomic E-state index is 16.2. The number of methoxy groups -OCH3 is 2. The van der Waals surface area contributed by atoms with Crippen molar-refractivity contribution in [1.29, 1.82) is 0 Å². The molecule has 5 saturated carbocycles. The average Bonchev–Trinajstić information content (AvgIpc) is 1.59. The van der Waals surface area contributed by atoms with Gasteiger partial charge in [0.1, 0.15) is 53.1 Å². The standard InChI is InChI=1S/C54H59FN8O2.C45H52FN7O6/c1-5-60(6-2)49(32-15-11-9-12-16-32)53(64)62-44-27-37(44)29-46(62)51-56-31-43(58-51)40-23-20-35(26-41(40)55)34-19-22-39-36(25-34)21-24-42-48(39)59-52(57-42)47-30-38-28-45(38)63(47)54(65)50(61(7-3)8-4)33-17-13-10-14-18-33;1-20(2)37(51-44(56)58-5)40(54)36-29-14-25(29)15-30(36)41-47-19-33(49-41)28-11-8-23(16-31(28)46)22-7-10-27-24(13-22)9-12-32-39(27)50-42(48-32)35-18-26-17-34(26)53(35)43(55)38(21(3)4)52-45(57)59-6/h9-20,22-23,25-26,31,37-38,44-47,49-50H,5-8,21,24,27-30H2,1-4H3,(H,56,58)(H,57,59);7-8,10-11,13,16,19-21,25-26,29-30,34-38H,9,12,14-15,17-18H2,1-6H3,(H,47,49)(H,48,50)(H,51,56)(H,52,57)/t37-,38-,44-,45-,46+,47+,49-,50-;25-,26-,29-,30-,34-,35+,36?,37+,38+/m11/s1. The van der Waals surface area contributed by atoms with Crippen LogP contribution in [0.1, 0.15) is 200 Å². The maximum Gasteiger partial charge on any atom is 0.407 e. The quantitative estimate of drug-likeness (QED) is 0.0311. The van der Waals surface area contributed by atoms with Crippen LogP contribution in [0, 0.1) is 59.0 Å².